The van der Waals surface area contributed by atoms with Crippen LogP contribution in [-0.4, -0.2) is 23.1 Å². The number of nitrogens with two attached hydrogens (primary N) is 1. The van der Waals surface area contributed by atoms with Crippen LogP contribution in [0.3, 0.4) is 0 Å². The molecule has 0 atom stereocenters. The molecule has 0 amide bonds. The zero-order valence-corrected chi connectivity index (χ0v) is 12.1. The first-order valence-electron chi connectivity index (χ1n) is 6.81. The molecule has 2 N–H and O–H groups in total. The van der Waals surface area contributed by atoms with E-state index in [0.717, 1.165) is 37.2 Å². The maximum absolute atomic E-state index is 5.82. The van der Waals surface area contributed by atoms with Crippen LogP contribution in [0.4, 0.5) is 5.69 Å². The molecule has 1 aromatic heterocycles. The van der Waals surface area contributed by atoms with Gasteiger partial charge in [-0.1, -0.05) is 36.5 Å². The van der Waals surface area contributed by atoms with E-state index in [1.807, 2.05) is 12.3 Å². The molecular formula is C16H17N3S. The maximum Gasteiger partial charge on any atom is 0.106 e. The van der Waals surface area contributed by atoms with Crippen LogP contribution in [-0.2, 0) is 12.8 Å². The number of hydrogen-bond donors (Lipinski definition) is 1. The van der Waals surface area contributed by atoms with Gasteiger partial charge in [0.2, 0.25) is 0 Å². The Bertz CT molecular complexity index is 612. The minimum atomic E-state index is 0.434. The van der Waals surface area contributed by atoms with Gasteiger partial charge >= 0.3 is 0 Å². The van der Waals surface area contributed by atoms with Crippen LogP contribution in [0.1, 0.15) is 16.7 Å². The molecule has 0 spiro atoms. The zero-order valence-electron chi connectivity index (χ0n) is 11.2. The summed E-state index contributed by atoms with van der Waals surface area (Å²) >= 11 is 5.15. The van der Waals surface area contributed by atoms with Crippen molar-refractivity contribution in [1.82, 2.24) is 4.98 Å². The molecule has 3 nitrogen and oxygen atoms in total. The molecule has 0 radical (unpaired) electrons. The highest BCUT2D eigenvalue weighted by atomic mass is 32.1. The number of aromatic nitrogens is 1. The number of fused-ring (bicyclic) bond motifs is 1. The van der Waals surface area contributed by atoms with Crippen LogP contribution in [0.15, 0.2) is 42.7 Å². The SMILES string of the molecule is NC(=S)c1ccncc1N1CCc2ccccc2CC1. The third-order valence-electron chi connectivity index (χ3n) is 3.83. The molecule has 0 fully saturated rings. The summed E-state index contributed by atoms with van der Waals surface area (Å²) in [5.41, 5.74) is 10.7. The van der Waals surface area contributed by atoms with Crippen molar-refractivity contribution >= 4 is 22.9 Å². The van der Waals surface area contributed by atoms with Crippen LogP contribution >= 0.6 is 12.2 Å². The van der Waals surface area contributed by atoms with Crippen molar-refractivity contribution in [3.8, 4) is 0 Å². The van der Waals surface area contributed by atoms with Gasteiger partial charge in [0.15, 0.2) is 0 Å². The Morgan fingerprint density at radius 3 is 2.35 bits per heavy atom. The van der Waals surface area contributed by atoms with Gasteiger partial charge in [0.25, 0.3) is 0 Å². The molecule has 1 aliphatic rings. The van der Waals surface area contributed by atoms with Gasteiger partial charge in [0.1, 0.15) is 4.99 Å². The van der Waals surface area contributed by atoms with Gasteiger partial charge in [-0.2, -0.15) is 0 Å². The largest absolute Gasteiger partial charge is 0.389 e. The Morgan fingerprint density at radius 2 is 1.75 bits per heavy atom. The van der Waals surface area contributed by atoms with Crippen molar-refractivity contribution in [3.05, 3.63) is 59.4 Å². The lowest BCUT2D eigenvalue weighted by molar-refractivity contribution is 0.802. The van der Waals surface area contributed by atoms with Gasteiger partial charge in [-0.3, -0.25) is 4.98 Å². The second kappa shape index (κ2) is 5.59. The maximum atomic E-state index is 5.82. The predicted molar refractivity (Wildman–Crippen MR) is 86.2 cm³/mol. The zero-order chi connectivity index (χ0) is 13.9. The second-order valence-corrected chi connectivity index (χ2v) is 5.45. The lowest BCUT2D eigenvalue weighted by Gasteiger charge is -2.24. The van der Waals surface area contributed by atoms with Crippen LogP contribution in [0.5, 0.6) is 0 Å². The minimum Gasteiger partial charge on any atom is -0.389 e. The van der Waals surface area contributed by atoms with E-state index in [-0.39, 0.29) is 0 Å². The van der Waals surface area contributed by atoms with Crippen molar-refractivity contribution in [2.24, 2.45) is 5.73 Å². The van der Waals surface area contributed by atoms with Gasteiger partial charge < -0.3 is 10.6 Å². The molecule has 0 saturated heterocycles. The fourth-order valence-corrected chi connectivity index (χ4v) is 2.93. The number of hydrogen-bond acceptors (Lipinski definition) is 3. The van der Waals surface area contributed by atoms with E-state index in [2.05, 4.69) is 34.1 Å². The van der Waals surface area contributed by atoms with Gasteiger partial charge in [-0.15, -0.1) is 0 Å². The van der Waals surface area contributed by atoms with Gasteiger partial charge in [-0.05, 0) is 30.0 Å². The highest BCUT2D eigenvalue weighted by molar-refractivity contribution is 7.80. The van der Waals surface area contributed by atoms with E-state index >= 15 is 0 Å². The number of benzene rings is 1. The molecule has 102 valence electrons. The fourth-order valence-electron chi connectivity index (χ4n) is 2.76. The highest BCUT2D eigenvalue weighted by Crippen LogP contribution is 2.23. The topological polar surface area (TPSA) is 42.1 Å². The fraction of sp³-hybridized carbons (Fsp3) is 0.250. The summed E-state index contributed by atoms with van der Waals surface area (Å²) in [7, 11) is 0. The lowest BCUT2D eigenvalue weighted by Crippen LogP contribution is -2.28. The predicted octanol–water partition coefficient (Wildman–Crippen LogP) is 2.32. The molecular weight excluding hydrogens is 266 g/mol. The first-order chi connectivity index (χ1) is 9.75. The second-order valence-electron chi connectivity index (χ2n) is 5.01. The van der Waals surface area contributed by atoms with E-state index in [1.165, 1.54) is 11.1 Å². The molecule has 1 aromatic carbocycles. The van der Waals surface area contributed by atoms with Crippen LogP contribution in [0.25, 0.3) is 0 Å². The minimum absolute atomic E-state index is 0.434. The molecule has 2 aromatic rings. The number of thiocarbonyl (C=S) groups is 1. The number of anilines is 1. The molecule has 0 unspecified atom stereocenters. The van der Waals surface area contributed by atoms with Crippen LogP contribution in [0, 0.1) is 0 Å². The molecule has 0 aliphatic carbocycles. The van der Waals surface area contributed by atoms with E-state index in [1.54, 1.807) is 6.20 Å². The molecule has 0 bridgehead atoms. The average molecular weight is 283 g/mol. The molecule has 3 rings (SSSR count). The number of rotatable bonds is 2. The van der Waals surface area contributed by atoms with E-state index < -0.39 is 0 Å². The number of pyridine rings is 1. The molecule has 1 aliphatic heterocycles. The summed E-state index contributed by atoms with van der Waals surface area (Å²) in [5.74, 6) is 0. The first kappa shape index (κ1) is 13.1. The standard InChI is InChI=1S/C16H17N3S/c17-16(20)14-5-8-18-11-15(14)19-9-6-12-3-1-2-4-13(12)7-10-19/h1-5,8,11H,6-7,9-10H2,(H2,17,20). The summed E-state index contributed by atoms with van der Waals surface area (Å²) in [6.45, 7) is 1.94. The van der Waals surface area contributed by atoms with E-state index in [9.17, 15) is 0 Å². The van der Waals surface area contributed by atoms with E-state index in [0.29, 0.717) is 4.99 Å². The molecule has 4 heteroatoms. The summed E-state index contributed by atoms with van der Waals surface area (Å²) in [4.78, 5) is 7.00. The van der Waals surface area contributed by atoms with Gasteiger partial charge in [0, 0.05) is 24.8 Å². The summed E-state index contributed by atoms with van der Waals surface area (Å²) < 4.78 is 0. The highest BCUT2D eigenvalue weighted by Gasteiger charge is 2.17. The quantitative estimate of drug-likeness (QED) is 0.859. The van der Waals surface area contributed by atoms with Gasteiger partial charge in [-0.25, -0.2) is 0 Å². The van der Waals surface area contributed by atoms with Crippen molar-refractivity contribution in [2.45, 2.75) is 12.8 Å². The monoisotopic (exact) mass is 283 g/mol. The number of nitrogens with zero attached hydrogens (tertiary/aromatic N) is 2. The van der Waals surface area contributed by atoms with Crippen LogP contribution in [0.2, 0.25) is 0 Å². The normalized spacial score (nSPS) is 14.5. The molecule has 20 heavy (non-hydrogen) atoms. The Hall–Kier alpha value is -1.94. The Morgan fingerprint density at radius 1 is 1.10 bits per heavy atom. The Kier molecular flexibility index (Phi) is 3.65. The lowest BCUT2D eigenvalue weighted by atomic mass is 10.0. The van der Waals surface area contributed by atoms with Gasteiger partial charge in [0.05, 0.1) is 11.9 Å². The summed E-state index contributed by atoms with van der Waals surface area (Å²) in [5, 5.41) is 0. The Labute approximate surface area is 124 Å². The van der Waals surface area contributed by atoms with Crippen molar-refractivity contribution in [2.75, 3.05) is 18.0 Å². The van der Waals surface area contributed by atoms with Crippen molar-refractivity contribution in [3.63, 3.8) is 0 Å². The van der Waals surface area contributed by atoms with Crippen LogP contribution < -0.4 is 10.6 Å². The smallest absolute Gasteiger partial charge is 0.106 e. The van der Waals surface area contributed by atoms with Crippen molar-refractivity contribution in [1.29, 1.82) is 0 Å². The summed E-state index contributed by atoms with van der Waals surface area (Å²) in [6, 6.07) is 10.6. The molecule has 0 saturated carbocycles. The average Bonchev–Trinajstić information content (AvgIpc) is 2.70. The Balaban J connectivity index is 1.89. The van der Waals surface area contributed by atoms with Crippen molar-refractivity contribution < 1.29 is 0 Å². The van der Waals surface area contributed by atoms with E-state index in [4.69, 9.17) is 18.0 Å². The third kappa shape index (κ3) is 2.51. The summed E-state index contributed by atoms with van der Waals surface area (Å²) in [6.07, 6.45) is 5.69. The first-order valence-corrected chi connectivity index (χ1v) is 7.22. The third-order valence-corrected chi connectivity index (χ3v) is 4.05. The molecule has 2 heterocycles.